The summed E-state index contributed by atoms with van der Waals surface area (Å²) in [5, 5.41) is 16.5. The van der Waals surface area contributed by atoms with E-state index in [0.717, 1.165) is 22.3 Å². The normalized spacial score (nSPS) is 12.8. The summed E-state index contributed by atoms with van der Waals surface area (Å²) in [6, 6.07) is 51.2. The summed E-state index contributed by atoms with van der Waals surface area (Å²) in [4.78, 5) is 57.2. The van der Waals surface area contributed by atoms with E-state index >= 15 is 4.79 Å². The number of carbonyl (C=O) groups is 4. The Morgan fingerprint density at radius 1 is 0.647 bits per heavy atom. The maximum atomic E-state index is 15.2. The van der Waals surface area contributed by atoms with E-state index in [-0.39, 0.29) is 65.3 Å². The Kier molecular flexibility index (Phi) is 14.2. The van der Waals surface area contributed by atoms with Crippen molar-refractivity contribution in [1.29, 1.82) is 0 Å². The molecule has 11 heteroatoms. The van der Waals surface area contributed by atoms with Gasteiger partial charge in [0.2, 0.25) is 0 Å². The van der Waals surface area contributed by atoms with Gasteiger partial charge in [-0.1, -0.05) is 132 Å². The Bertz CT molecular complexity index is 2880. The monoisotopic (exact) mass is 907 g/mol. The number of anilines is 2. The van der Waals surface area contributed by atoms with E-state index in [1.165, 1.54) is 5.01 Å². The number of nitrogens with one attached hydrogen (secondary N) is 2. The number of hydrogen-bond acceptors (Lipinski definition) is 10. The first-order chi connectivity index (χ1) is 33.0. The maximum Gasteiger partial charge on any atom is 0.274 e. The van der Waals surface area contributed by atoms with E-state index in [0.29, 0.717) is 28.4 Å². The summed E-state index contributed by atoms with van der Waals surface area (Å²) in [5.74, 6) is -0.559. The second-order valence-electron chi connectivity index (χ2n) is 16.8. The molecule has 0 aromatic heterocycles. The zero-order chi connectivity index (χ0) is 47.8. The molecular weight excluding hydrogens is 855 g/mol. The highest BCUT2D eigenvalue weighted by molar-refractivity contribution is 6.30. The van der Waals surface area contributed by atoms with Crippen molar-refractivity contribution in [3.63, 3.8) is 0 Å². The van der Waals surface area contributed by atoms with Crippen LogP contribution < -0.4 is 20.2 Å². The Hall–Kier alpha value is -7.86. The Morgan fingerprint density at radius 2 is 1.22 bits per heavy atom. The molecule has 7 aromatic rings. The smallest absolute Gasteiger partial charge is 0.274 e. The quantitative estimate of drug-likeness (QED) is 0.0408. The highest BCUT2D eigenvalue weighted by atomic mass is 16.5. The van der Waals surface area contributed by atoms with Gasteiger partial charge in [0.1, 0.15) is 29.0 Å². The third-order valence-electron chi connectivity index (χ3n) is 12.2. The van der Waals surface area contributed by atoms with Crippen LogP contribution in [-0.2, 0) is 15.1 Å². The number of aliphatic hydroxyl groups is 1. The molecule has 7 aromatic carbocycles. The van der Waals surface area contributed by atoms with E-state index in [1.54, 1.807) is 62.8 Å². The van der Waals surface area contributed by atoms with Gasteiger partial charge in [-0.2, -0.15) is 0 Å². The van der Waals surface area contributed by atoms with Crippen LogP contribution in [0, 0.1) is 13.8 Å². The predicted octanol–water partition coefficient (Wildman–Crippen LogP) is 10.1. The molecule has 0 saturated carbocycles. The molecule has 68 heavy (non-hydrogen) atoms. The van der Waals surface area contributed by atoms with Crippen LogP contribution in [0.4, 0.5) is 11.4 Å². The van der Waals surface area contributed by atoms with Crippen LogP contribution in [-0.4, -0.2) is 66.5 Å². The molecule has 0 heterocycles. The van der Waals surface area contributed by atoms with E-state index < -0.39 is 29.6 Å². The number of aryl methyl sites for hydroxylation is 2. The van der Waals surface area contributed by atoms with Gasteiger partial charge in [-0.3, -0.25) is 24.6 Å². The fourth-order valence-corrected chi connectivity index (χ4v) is 8.70. The van der Waals surface area contributed by atoms with Crippen molar-refractivity contribution < 1.29 is 38.5 Å². The van der Waals surface area contributed by atoms with Crippen molar-refractivity contribution in [3.05, 3.63) is 225 Å². The third kappa shape index (κ3) is 9.81. The average molecular weight is 908 g/mol. The topological polar surface area (TPSA) is 143 Å². The first kappa shape index (κ1) is 46.7. The number of fused-ring (bicyclic) bond motifs is 2. The minimum absolute atomic E-state index is 0.0135. The van der Waals surface area contributed by atoms with Crippen LogP contribution >= 0.6 is 0 Å². The molecule has 2 atom stereocenters. The van der Waals surface area contributed by atoms with Gasteiger partial charge >= 0.3 is 0 Å². The summed E-state index contributed by atoms with van der Waals surface area (Å²) in [6.45, 7) is 3.69. The molecule has 0 radical (unpaired) electrons. The third-order valence-corrected chi connectivity index (χ3v) is 12.2. The fourth-order valence-electron chi connectivity index (χ4n) is 8.70. The van der Waals surface area contributed by atoms with Crippen LogP contribution in [0.25, 0.3) is 0 Å². The number of nitrogens with zero attached hydrogens (tertiary/aromatic N) is 1. The number of ketones is 3. The number of benzene rings is 7. The van der Waals surface area contributed by atoms with Crippen LogP contribution in [0.5, 0.6) is 11.5 Å². The Balaban J connectivity index is 1.09. The second-order valence-corrected chi connectivity index (χ2v) is 16.8. The molecule has 1 aliphatic carbocycles. The lowest BCUT2D eigenvalue weighted by atomic mass is 9.79. The number of ether oxygens (including phenoxy) is 3. The number of methoxy groups -OCH3 is 2. The highest BCUT2D eigenvalue weighted by Gasteiger charge is 2.41. The number of carbonyl (C=O) groups excluding carboxylic acids is 4. The van der Waals surface area contributed by atoms with Gasteiger partial charge in [0.15, 0.2) is 11.6 Å². The maximum absolute atomic E-state index is 15.2. The van der Waals surface area contributed by atoms with E-state index in [2.05, 4.69) is 10.7 Å². The molecule has 0 saturated heterocycles. The predicted molar refractivity (Wildman–Crippen MR) is 262 cm³/mol. The van der Waals surface area contributed by atoms with Crippen LogP contribution in [0.1, 0.15) is 89.3 Å². The van der Waals surface area contributed by atoms with Gasteiger partial charge in [-0.15, -0.1) is 0 Å². The largest absolute Gasteiger partial charge is 0.497 e. The number of rotatable bonds is 19. The SMILES string of the molecule is COc1ccc(C(OCC(O)CC(=O)CCC(Nc2ccc(C)cc2)N(Nc2ccc(C)cc2)C(=O)c2cccc3c2C(=O)c2ccccc2C3=O)(c2ccccc2)c2ccccc2)c(OC)c1. The van der Waals surface area contributed by atoms with Gasteiger partial charge in [-0.25, -0.2) is 5.01 Å². The van der Waals surface area contributed by atoms with Gasteiger partial charge in [0.25, 0.3) is 5.91 Å². The van der Waals surface area contributed by atoms with Crippen molar-refractivity contribution in [2.75, 3.05) is 31.6 Å². The molecule has 11 nitrogen and oxygen atoms in total. The Labute approximate surface area is 396 Å². The minimum atomic E-state index is -1.28. The standard InChI is InChI=1S/C57H53N3O8/c1-37-22-26-41(27-23-37)58-52(60(59-42-28-24-38(2)25-29-42)56(65)49-21-13-20-48-53(49)55(64)47-19-12-11-18-46(47)54(48)63)33-30-43(61)34-44(62)36-68-57(39-14-7-5-8-15-39,40-16-9-6-10-17-40)50-32-31-45(66-3)35-51(50)67-4/h5-29,31-32,35,44,52,58-59,62H,30,33-34,36H2,1-4H3. The summed E-state index contributed by atoms with van der Waals surface area (Å²) in [7, 11) is 3.16. The number of hydrogen-bond donors (Lipinski definition) is 3. The van der Waals surface area contributed by atoms with Gasteiger partial charge in [0.05, 0.1) is 38.2 Å². The molecular formula is C57H53N3O8. The fraction of sp³-hybridized carbons (Fsp3) is 0.193. The summed E-state index contributed by atoms with van der Waals surface area (Å²) in [6.07, 6.45) is -2.36. The van der Waals surface area contributed by atoms with Crippen molar-refractivity contribution in [3.8, 4) is 11.5 Å². The molecule has 1 aliphatic rings. The molecule has 0 aliphatic heterocycles. The average Bonchev–Trinajstić information content (AvgIpc) is 3.37. The number of amides is 1. The van der Waals surface area contributed by atoms with E-state index in [9.17, 15) is 19.5 Å². The summed E-state index contributed by atoms with van der Waals surface area (Å²) in [5.41, 5.74) is 8.18. The van der Waals surface area contributed by atoms with Crippen molar-refractivity contribution in [1.82, 2.24) is 5.01 Å². The zero-order valence-electron chi connectivity index (χ0n) is 38.4. The minimum Gasteiger partial charge on any atom is -0.497 e. The number of aliphatic hydroxyl groups excluding tert-OH is 1. The zero-order valence-corrected chi connectivity index (χ0v) is 38.4. The summed E-state index contributed by atoms with van der Waals surface area (Å²) >= 11 is 0. The van der Waals surface area contributed by atoms with Gasteiger partial charge in [-0.05, 0) is 73.9 Å². The van der Waals surface area contributed by atoms with Crippen LogP contribution in [0.2, 0.25) is 0 Å². The van der Waals surface area contributed by atoms with Crippen molar-refractivity contribution >= 4 is 34.6 Å². The molecule has 1 amide bonds. The van der Waals surface area contributed by atoms with Crippen molar-refractivity contribution in [2.24, 2.45) is 0 Å². The molecule has 0 spiro atoms. The van der Waals surface area contributed by atoms with Crippen LogP contribution in [0.3, 0.4) is 0 Å². The molecule has 3 N–H and O–H groups in total. The lowest BCUT2D eigenvalue weighted by Crippen LogP contribution is -2.49. The van der Waals surface area contributed by atoms with Gasteiger partial charge < -0.3 is 24.6 Å². The lowest BCUT2D eigenvalue weighted by molar-refractivity contribution is -0.123. The van der Waals surface area contributed by atoms with E-state index in [4.69, 9.17) is 14.2 Å². The van der Waals surface area contributed by atoms with E-state index in [1.807, 2.05) is 135 Å². The first-order valence-electron chi connectivity index (χ1n) is 22.5. The molecule has 0 fully saturated rings. The first-order valence-corrected chi connectivity index (χ1v) is 22.5. The summed E-state index contributed by atoms with van der Waals surface area (Å²) < 4.78 is 18.4. The number of Topliss-reactive ketones (excluding diaryl/α,β-unsaturated/α-hetero) is 1. The lowest BCUT2D eigenvalue weighted by Gasteiger charge is -2.37. The Morgan fingerprint density at radius 3 is 1.82 bits per heavy atom. The highest BCUT2D eigenvalue weighted by Crippen LogP contribution is 2.45. The number of hydrazine groups is 1. The molecule has 0 bridgehead atoms. The van der Waals surface area contributed by atoms with Crippen LogP contribution in [0.15, 0.2) is 170 Å². The van der Waals surface area contributed by atoms with Crippen molar-refractivity contribution in [2.45, 2.75) is 51.0 Å². The molecule has 8 rings (SSSR count). The molecule has 2 unspecified atom stereocenters. The van der Waals surface area contributed by atoms with Gasteiger partial charge in [0, 0.05) is 52.4 Å². The molecule has 344 valence electrons. The second kappa shape index (κ2) is 20.8.